The van der Waals surface area contributed by atoms with Crippen molar-refractivity contribution in [2.24, 2.45) is 4.99 Å². The van der Waals surface area contributed by atoms with Crippen LogP contribution in [0, 0.1) is 0 Å². The number of esters is 1. The average molecular weight is 547 g/mol. The highest BCUT2D eigenvalue weighted by atomic mass is 79.9. The standard InChI is InChI=1S/C25H18BrCl2NO4/c1-31-22-13-16(11-18(26)23(22)32-10-9-15-5-3-2-4-6-15)12-21-25(30)33-24(29-21)17-7-8-19(27)20(28)14-17/h2-8,11-14H,9-10H2,1H3/b21-12-. The van der Waals surface area contributed by atoms with Crippen LogP contribution in [0.3, 0.4) is 0 Å². The monoisotopic (exact) mass is 545 g/mol. The third kappa shape index (κ3) is 5.58. The van der Waals surface area contributed by atoms with Crippen LogP contribution in [0.25, 0.3) is 6.08 Å². The van der Waals surface area contributed by atoms with Crippen molar-refractivity contribution in [2.45, 2.75) is 6.42 Å². The Balaban J connectivity index is 1.55. The van der Waals surface area contributed by atoms with E-state index in [-0.39, 0.29) is 11.6 Å². The second-order valence-corrected chi connectivity index (χ2v) is 8.75. The molecule has 0 radical (unpaired) electrons. The van der Waals surface area contributed by atoms with Crippen LogP contribution in [0.2, 0.25) is 10.0 Å². The Morgan fingerprint density at radius 3 is 2.58 bits per heavy atom. The molecule has 0 aromatic heterocycles. The summed E-state index contributed by atoms with van der Waals surface area (Å²) in [5.41, 5.74) is 2.59. The summed E-state index contributed by atoms with van der Waals surface area (Å²) in [5.74, 6) is 0.722. The fourth-order valence-corrected chi connectivity index (χ4v) is 4.07. The highest BCUT2D eigenvalue weighted by molar-refractivity contribution is 9.10. The average Bonchev–Trinajstić information content (AvgIpc) is 3.17. The van der Waals surface area contributed by atoms with Crippen molar-refractivity contribution in [1.82, 2.24) is 0 Å². The van der Waals surface area contributed by atoms with Gasteiger partial charge < -0.3 is 14.2 Å². The van der Waals surface area contributed by atoms with Crippen LogP contribution in [-0.4, -0.2) is 25.6 Å². The van der Waals surface area contributed by atoms with E-state index in [0.717, 1.165) is 6.42 Å². The first-order valence-corrected chi connectivity index (χ1v) is 11.5. The normalized spacial score (nSPS) is 14.2. The summed E-state index contributed by atoms with van der Waals surface area (Å²) < 4.78 is 17.5. The van der Waals surface area contributed by atoms with E-state index in [9.17, 15) is 4.79 Å². The molecule has 33 heavy (non-hydrogen) atoms. The third-order valence-electron chi connectivity index (χ3n) is 4.82. The van der Waals surface area contributed by atoms with E-state index in [1.54, 1.807) is 37.5 Å². The molecule has 4 rings (SSSR count). The molecule has 0 atom stereocenters. The molecule has 0 saturated heterocycles. The van der Waals surface area contributed by atoms with E-state index >= 15 is 0 Å². The fourth-order valence-electron chi connectivity index (χ4n) is 3.20. The minimum absolute atomic E-state index is 0.155. The number of carbonyl (C=O) groups is 1. The number of ether oxygens (including phenoxy) is 3. The molecule has 0 N–H and O–H groups in total. The maximum Gasteiger partial charge on any atom is 0.363 e. The van der Waals surface area contributed by atoms with Gasteiger partial charge in [0, 0.05) is 12.0 Å². The Morgan fingerprint density at radius 2 is 1.85 bits per heavy atom. The number of nitrogens with zero attached hydrogens (tertiary/aromatic N) is 1. The first-order valence-electron chi connectivity index (χ1n) is 9.97. The number of carbonyl (C=O) groups excluding carboxylic acids is 1. The number of benzene rings is 3. The lowest BCUT2D eigenvalue weighted by molar-refractivity contribution is -0.129. The first-order chi connectivity index (χ1) is 15.9. The number of aliphatic imine (C=N–C) groups is 1. The largest absolute Gasteiger partial charge is 0.493 e. The van der Waals surface area contributed by atoms with Gasteiger partial charge in [-0.1, -0.05) is 53.5 Å². The smallest absolute Gasteiger partial charge is 0.363 e. The van der Waals surface area contributed by atoms with Gasteiger partial charge in [-0.15, -0.1) is 0 Å². The molecule has 0 fully saturated rings. The Bertz CT molecular complexity index is 1260. The Morgan fingerprint density at radius 1 is 1.06 bits per heavy atom. The SMILES string of the molecule is COc1cc(/C=C2\N=C(c3ccc(Cl)c(Cl)c3)OC2=O)cc(Br)c1OCCc1ccccc1. The van der Waals surface area contributed by atoms with Gasteiger partial charge in [0.05, 0.1) is 28.2 Å². The fraction of sp³-hybridized carbons (Fsp3) is 0.120. The van der Waals surface area contributed by atoms with Crippen molar-refractivity contribution in [3.05, 3.63) is 97.6 Å². The van der Waals surface area contributed by atoms with Gasteiger partial charge in [-0.2, -0.15) is 0 Å². The van der Waals surface area contributed by atoms with Crippen molar-refractivity contribution >= 4 is 57.1 Å². The summed E-state index contributed by atoms with van der Waals surface area (Å²) in [6.07, 6.45) is 2.38. The summed E-state index contributed by atoms with van der Waals surface area (Å²) >= 11 is 15.6. The predicted molar refractivity (Wildman–Crippen MR) is 133 cm³/mol. The summed E-state index contributed by atoms with van der Waals surface area (Å²) in [6.45, 7) is 0.489. The number of hydrogen-bond donors (Lipinski definition) is 0. The van der Waals surface area contributed by atoms with Crippen molar-refractivity contribution in [1.29, 1.82) is 0 Å². The molecule has 1 aliphatic rings. The van der Waals surface area contributed by atoms with Crippen molar-refractivity contribution in [2.75, 3.05) is 13.7 Å². The molecular formula is C25H18BrCl2NO4. The van der Waals surface area contributed by atoms with Crippen LogP contribution in [0.4, 0.5) is 0 Å². The molecule has 0 bridgehead atoms. The minimum Gasteiger partial charge on any atom is -0.493 e. The highest BCUT2D eigenvalue weighted by Crippen LogP contribution is 2.37. The van der Waals surface area contributed by atoms with Crippen LogP contribution in [0.15, 0.2) is 75.8 Å². The summed E-state index contributed by atoms with van der Waals surface area (Å²) in [4.78, 5) is 16.7. The van der Waals surface area contributed by atoms with E-state index in [4.69, 9.17) is 37.4 Å². The van der Waals surface area contributed by atoms with E-state index in [2.05, 4.69) is 33.1 Å². The Kier molecular flexibility index (Phi) is 7.38. The second kappa shape index (κ2) is 10.4. The van der Waals surface area contributed by atoms with Gasteiger partial charge in [0.15, 0.2) is 17.2 Å². The molecule has 1 aliphatic heterocycles. The molecule has 168 valence electrons. The summed E-state index contributed by atoms with van der Waals surface area (Å²) in [5, 5.41) is 0.756. The topological polar surface area (TPSA) is 57.1 Å². The van der Waals surface area contributed by atoms with E-state index in [0.29, 0.717) is 43.8 Å². The molecule has 3 aromatic rings. The van der Waals surface area contributed by atoms with Crippen molar-refractivity contribution < 1.29 is 19.0 Å². The molecule has 0 amide bonds. The highest BCUT2D eigenvalue weighted by Gasteiger charge is 2.25. The number of cyclic esters (lactones) is 1. The zero-order valence-electron chi connectivity index (χ0n) is 17.5. The molecule has 5 nitrogen and oxygen atoms in total. The lowest BCUT2D eigenvalue weighted by Gasteiger charge is -2.13. The molecule has 8 heteroatoms. The van der Waals surface area contributed by atoms with Gasteiger partial charge in [0.2, 0.25) is 5.90 Å². The third-order valence-corrected chi connectivity index (χ3v) is 6.15. The van der Waals surface area contributed by atoms with Gasteiger partial charge in [0.25, 0.3) is 0 Å². The molecule has 1 heterocycles. The number of methoxy groups -OCH3 is 1. The van der Waals surface area contributed by atoms with Crippen LogP contribution in [0.1, 0.15) is 16.7 Å². The van der Waals surface area contributed by atoms with Crippen molar-refractivity contribution in [3.63, 3.8) is 0 Å². The van der Waals surface area contributed by atoms with Gasteiger partial charge in [0.1, 0.15) is 0 Å². The molecule has 0 aliphatic carbocycles. The van der Waals surface area contributed by atoms with Crippen LogP contribution in [0.5, 0.6) is 11.5 Å². The molecule has 0 spiro atoms. The summed E-state index contributed by atoms with van der Waals surface area (Å²) in [7, 11) is 1.56. The molecule has 0 unspecified atom stereocenters. The second-order valence-electron chi connectivity index (χ2n) is 7.08. The number of rotatable bonds is 7. The maximum absolute atomic E-state index is 12.4. The van der Waals surface area contributed by atoms with Crippen molar-refractivity contribution in [3.8, 4) is 11.5 Å². The van der Waals surface area contributed by atoms with Crippen LogP contribution >= 0.6 is 39.1 Å². The predicted octanol–water partition coefficient (Wildman–Crippen LogP) is 6.73. The van der Waals surface area contributed by atoms with E-state index in [1.165, 1.54) is 5.56 Å². The zero-order chi connectivity index (χ0) is 23.4. The Hall–Kier alpha value is -2.80. The molecule has 0 saturated carbocycles. The van der Waals surface area contributed by atoms with E-state index in [1.807, 2.05) is 24.3 Å². The van der Waals surface area contributed by atoms with E-state index < -0.39 is 5.97 Å². The lowest BCUT2D eigenvalue weighted by Crippen LogP contribution is -2.05. The zero-order valence-corrected chi connectivity index (χ0v) is 20.6. The Labute approximate surface area is 209 Å². The quantitative estimate of drug-likeness (QED) is 0.243. The maximum atomic E-state index is 12.4. The van der Waals surface area contributed by atoms with Crippen LogP contribution < -0.4 is 9.47 Å². The van der Waals surface area contributed by atoms with Gasteiger partial charge in [-0.3, -0.25) is 0 Å². The molecule has 3 aromatic carbocycles. The van der Waals surface area contributed by atoms with Gasteiger partial charge in [-0.05, 0) is 63.5 Å². The summed E-state index contributed by atoms with van der Waals surface area (Å²) in [6, 6.07) is 18.6. The first kappa shape index (κ1) is 23.4. The minimum atomic E-state index is -0.561. The van der Waals surface area contributed by atoms with Gasteiger partial charge >= 0.3 is 5.97 Å². The van der Waals surface area contributed by atoms with Gasteiger partial charge in [-0.25, -0.2) is 9.79 Å². The lowest BCUT2D eigenvalue weighted by atomic mass is 10.1. The van der Waals surface area contributed by atoms with Crippen LogP contribution in [-0.2, 0) is 16.0 Å². The number of hydrogen-bond acceptors (Lipinski definition) is 5. The molecular weight excluding hydrogens is 529 g/mol. The number of halogens is 3.